The fourth-order valence-electron chi connectivity index (χ4n) is 7.01. The molecule has 0 amide bonds. The molecule has 0 saturated carbocycles. The van der Waals surface area contributed by atoms with E-state index in [1.807, 2.05) is 36.4 Å². The molecule has 50 heavy (non-hydrogen) atoms. The van der Waals surface area contributed by atoms with Gasteiger partial charge in [-0.2, -0.15) is 10.5 Å². The van der Waals surface area contributed by atoms with Gasteiger partial charge in [-0.1, -0.05) is 97.1 Å². The van der Waals surface area contributed by atoms with Crippen LogP contribution >= 0.6 is 0 Å². The third kappa shape index (κ3) is 5.70. The zero-order chi connectivity index (χ0) is 33.9. The van der Waals surface area contributed by atoms with Crippen LogP contribution in [0.15, 0.2) is 150 Å². The zero-order valence-corrected chi connectivity index (χ0v) is 27.2. The summed E-state index contributed by atoms with van der Waals surface area (Å²) >= 11 is 0. The van der Waals surface area contributed by atoms with Gasteiger partial charge in [-0.05, 0) is 82.3 Å². The summed E-state index contributed by atoms with van der Waals surface area (Å²) in [4.78, 5) is 19.2. The molecule has 0 fully saturated rings. The lowest BCUT2D eigenvalue weighted by Crippen LogP contribution is -2.11. The molecule has 1 unspecified atom stereocenters. The van der Waals surface area contributed by atoms with Gasteiger partial charge in [-0.25, -0.2) is 9.97 Å². The van der Waals surface area contributed by atoms with Crippen LogP contribution in [0.2, 0.25) is 0 Å². The molecule has 6 aromatic rings. The Morgan fingerprint density at radius 3 is 2.06 bits per heavy atom. The second kappa shape index (κ2) is 13.4. The molecule has 0 saturated heterocycles. The Labute approximate surface area is 290 Å². The fraction of sp³-hybridized carbons (Fsp3) is 0.0909. The van der Waals surface area contributed by atoms with Gasteiger partial charge >= 0.3 is 0 Å². The molecule has 0 aliphatic carbocycles. The number of fused-ring (bicyclic) bond motifs is 1. The predicted molar refractivity (Wildman–Crippen MR) is 201 cm³/mol. The third-order valence-corrected chi connectivity index (χ3v) is 9.23. The van der Waals surface area contributed by atoms with Crippen LogP contribution in [0, 0.1) is 22.7 Å². The maximum Gasteiger partial charge on any atom is 0.140 e. The van der Waals surface area contributed by atoms with E-state index in [9.17, 15) is 10.5 Å². The molecule has 6 nitrogen and oxygen atoms in total. The fourth-order valence-corrected chi connectivity index (χ4v) is 7.01. The normalized spacial score (nSPS) is 15.4. The van der Waals surface area contributed by atoms with Crippen LogP contribution in [0.25, 0.3) is 49.9 Å². The average molecular weight is 643 g/mol. The molecule has 0 radical (unpaired) electrons. The number of nitrogens with zero attached hydrogens (tertiary/aromatic N) is 6. The maximum atomic E-state index is 9.57. The van der Waals surface area contributed by atoms with Crippen LogP contribution in [0.3, 0.4) is 0 Å². The minimum Gasteiger partial charge on any atom is -0.276 e. The van der Waals surface area contributed by atoms with Crippen molar-refractivity contribution in [1.29, 1.82) is 10.5 Å². The Balaban J connectivity index is 1.46. The lowest BCUT2D eigenvalue weighted by Gasteiger charge is -2.25. The van der Waals surface area contributed by atoms with Crippen molar-refractivity contribution < 1.29 is 0 Å². The third-order valence-electron chi connectivity index (χ3n) is 9.23. The van der Waals surface area contributed by atoms with E-state index in [2.05, 4.69) is 119 Å². The second-order valence-corrected chi connectivity index (χ2v) is 12.2. The number of hydrogen-bond acceptors (Lipinski definition) is 6. The van der Waals surface area contributed by atoms with Gasteiger partial charge in [0.1, 0.15) is 23.5 Å². The molecule has 1 atom stereocenters. The minimum atomic E-state index is -0.156. The molecule has 2 aromatic heterocycles. The number of nitriles is 2. The SMILES string of the molecule is N#CC1=NCCC(c2cccc(-c3c(-c4ccccc4)c(-c4ccccc4)c(C4=NC(c5ccnc(C#N)c5)CC=C4)c4ccccc34)n2)=C1. The lowest BCUT2D eigenvalue weighted by atomic mass is 9.80. The largest absolute Gasteiger partial charge is 0.276 e. The van der Waals surface area contributed by atoms with Crippen molar-refractivity contribution in [1.82, 2.24) is 9.97 Å². The van der Waals surface area contributed by atoms with E-state index in [1.165, 1.54) is 0 Å². The molecule has 0 spiro atoms. The summed E-state index contributed by atoms with van der Waals surface area (Å²) in [7, 11) is 0. The van der Waals surface area contributed by atoms with E-state index in [4.69, 9.17) is 9.98 Å². The van der Waals surface area contributed by atoms with Crippen molar-refractivity contribution in [2.24, 2.45) is 9.98 Å². The van der Waals surface area contributed by atoms with Crippen molar-refractivity contribution >= 4 is 27.8 Å². The average Bonchev–Trinajstić information content (AvgIpc) is 3.20. The molecule has 0 N–H and O–H groups in total. The molecule has 236 valence electrons. The Hall–Kier alpha value is -6.76. The Morgan fingerprint density at radius 1 is 0.660 bits per heavy atom. The predicted octanol–water partition coefficient (Wildman–Crippen LogP) is 9.74. The summed E-state index contributed by atoms with van der Waals surface area (Å²) in [5, 5.41) is 21.3. The summed E-state index contributed by atoms with van der Waals surface area (Å²) in [6.07, 6.45) is 9.31. The van der Waals surface area contributed by atoms with Gasteiger partial charge in [0.25, 0.3) is 0 Å². The first-order chi connectivity index (χ1) is 24.7. The molecule has 0 bridgehead atoms. The smallest absolute Gasteiger partial charge is 0.140 e. The highest BCUT2D eigenvalue weighted by Crippen LogP contribution is 2.48. The Morgan fingerprint density at radius 2 is 1.34 bits per heavy atom. The standard InChI is InChI=1S/C44H30N6/c45-27-33-25-31(21-23-47-33)37-17-9-19-39(49-37)43-35-15-7-8-16-36(35)44(40-20-10-18-38(50-40)32-22-24-48-34(26-32)28-46)42(30-13-5-2-6-14-30)41(43)29-11-3-1-4-12-29/h1-17,19-20,22,24-26,38H,18,21,23H2. The number of rotatable bonds is 6. The van der Waals surface area contributed by atoms with E-state index in [1.54, 1.807) is 6.20 Å². The summed E-state index contributed by atoms with van der Waals surface area (Å²) in [6, 6.07) is 43.7. The summed E-state index contributed by atoms with van der Waals surface area (Å²) in [5.74, 6) is 0. The first kappa shape index (κ1) is 30.6. The Bertz CT molecular complexity index is 2480. The summed E-state index contributed by atoms with van der Waals surface area (Å²) < 4.78 is 0. The van der Waals surface area contributed by atoms with Crippen LogP contribution < -0.4 is 0 Å². The van der Waals surface area contributed by atoms with E-state index in [-0.39, 0.29) is 6.04 Å². The van der Waals surface area contributed by atoms with Gasteiger partial charge in [-0.15, -0.1) is 0 Å². The van der Waals surface area contributed by atoms with Gasteiger partial charge in [0.15, 0.2) is 0 Å². The summed E-state index contributed by atoms with van der Waals surface area (Å²) in [6.45, 7) is 0.569. The van der Waals surface area contributed by atoms with Crippen molar-refractivity contribution in [3.63, 3.8) is 0 Å². The topological polar surface area (TPSA) is 98.1 Å². The number of hydrogen-bond donors (Lipinski definition) is 0. The second-order valence-electron chi connectivity index (χ2n) is 12.2. The van der Waals surface area contributed by atoms with Gasteiger partial charge in [-0.3, -0.25) is 9.98 Å². The first-order valence-corrected chi connectivity index (χ1v) is 16.6. The monoisotopic (exact) mass is 642 g/mol. The number of dihydropyridines is 2. The number of benzene rings is 4. The molecule has 4 heterocycles. The van der Waals surface area contributed by atoms with Crippen molar-refractivity contribution in [3.8, 4) is 45.6 Å². The number of aliphatic imine (C=N–C) groups is 2. The van der Waals surface area contributed by atoms with Crippen LogP contribution in [-0.2, 0) is 0 Å². The van der Waals surface area contributed by atoms with Gasteiger partial charge in [0, 0.05) is 35.0 Å². The van der Waals surface area contributed by atoms with E-state index in [0.29, 0.717) is 18.0 Å². The van der Waals surface area contributed by atoms with E-state index >= 15 is 0 Å². The molecular weight excluding hydrogens is 613 g/mol. The van der Waals surface area contributed by atoms with Gasteiger partial charge < -0.3 is 0 Å². The first-order valence-electron chi connectivity index (χ1n) is 16.6. The van der Waals surface area contributed by atoms with Gasteiger partial charge in [0.2, 0.25) is 0 Å². The Kier molecular flexibility index (Phi) is 8.19. The minimum absolute atomic E-state index is 0.156. The van der Waals surface area contributed by atoms with Crippen LogP contribution in [0.4, 0.5) is 0 Å². The summed E-state index contributed by atoms with van der Waals surface area (Å²) in [5.41, 5.74) is 11.7. The molecular formula is C44H30N6. The molecule has 4 aromatic carbocycles. The van der Waals surface area contributed by atoms with Crippen LogP contribution in [-0.4, -0.2) is 27.9 Å². The van der Waals surface area contributed by atoms with Crippen molar-refractivity contribution in [2.75, 3.05) is 6.54 Å². The highest BCUT2D eigenvalue weighted by molar-refractivity contribution is 6.26. The van der Waals surface area contributed by atoms with Crippen molar-refractivity contribution in [2.45, 2.75) is 18.9 Å². The lowest BCUT2D eigenvalue weighted by molar-refractivity contribution is 0.734. The molecule has 2 aliphatic heterocycles. The highest BCUT2D eigenvalue weighted by Gasteiger charge is 2.27. The number of pyridine rings is 2. The molecule has 2 aliphatic rings. The molecule has 8 rings (SSSR count). The van der Waals surface area contributed by atoms with E-state index in [0.717, 1.165) is 85.2 Å². The van der Waals surface area contributed by atoms with Gasteiger partial charge in [0.05, 0.1) is 23.1 Å². The number of aromatic nitrogens is 2. The van der Waals surface area contributed by atoms with Crippen LogP contribution in [0.5, 0.6) is 0 Å². The zero-order valence-electron chi connectivity index (χ0n) is 27.2. The van der Waals surface area contributed by atoms with Crippen LogP contribution in [0.1, 0.15) is 41.4 Å². The quantitative estimate of drug-likeness (QED) is 0.181. The maximum absolute atomic E-state index is 9.57. The highest BCUT2D eigenvalue weighted by atomic mass is 14.8. The van der Waals surface area contributed by atoms with E-state index < -0.39 is 0 Å². The number of allylic oxidation sites excluding steroid dienone is 2. The molecule has 6 heteroatoms. The van der Waals surface area contributed by atoms with Crippen molar-refractivity contribution in [3.05, 3.63) is 162 Å².